The second-order valence-corrected chi connectivity index (χ2v) is 8.05. The summed E-state index contributed by atoms with van der Waals surface area (Å²) in [7, 11) is 1.14. The van der Waals surface area contributed by atoms with Crippen LogP contribution in [0.1, 0.15) is 37.8 Å². The number of hydrogen-bond acceptors (Lipinski definition) is 5. The van der Waals surface area contributed by atoms with Crippen molar-refractivity contribution in [2.45, 2.75) is 33.1 Å². The van der Waals surface area contributed by atoms with Gasteiger partial charge >= 0.3 is 11.9 Å². The zero-order valence-electron chi connectivity index (χ0n) is 15.9. The van der Waals surface area contributed by atoms with Crippen LogP contribution in [0.15, 0.2) is 33.2 Å². The van der Waals surface area contributed by atoms with Crippen LogP contribution in [0.2, 0.25) is 0 Å². The number of ether oxygens (including phenoxy) is 2. The summed E-state index contributed by atoms with van der Waals surface area (Å²) < 4.78 is 11.7. The predicted octanol–water partition coefficient (Wildman–Crippen LogP) is 5.51. The molecule has 0 aliphatic heterocycles. The third-order valence-corrected chi connectivity index (χ3v) is 5.23. The van der Waals surface area contributed by atoms with E-state index in [0.29, 0.717) is 32.6 Å². The number of esters is 1. The monoisotopic (exact) mass is 513 g/mol. The summed E-state index contributed by atoms with van der Waals surface area (Å²) in [6.07, 6.45) is 0.684. The van der Waals surface area contributed by atoms with Crippen molar-refractivity contribution in [1.29, 1.82) is 0 Å². The molecule has 150 valence electrons. The number of carbonyl (C=O) groups excluding carboxylic acids is 2. The van der Waals surface area contributed by atoms with E-state index in [-0.39, 0.29) is 11.7 Å². The van der Waals surface area contributed by atoms with Crippen LogP contribution in [0.25, 0.3) is 0 Å². The summed E-state index contributed by atoms with van der Waals surface area (Å²) >= 11 is 6.87. The maximum absolute atomic E-state index is 11.7. The van der Waals surface area contributed by atoms with Gasteiger partial charge in [-0.25, -0.2) is 4.79 Å². The van der Waals surface area contributed by atoms with Gasteiger partial charge in [0, 0.05) is 11.3 Å². The minimum Gasteiger partial charge on any atom is -0.508 e. The molecular formula is C20H21Br2NO5. The van der Waals surface area contributed by atoms with Crippen LogP contribution in [0.4, 0.5) is 5.69 Å². The minimum atomic E-state index is -0.981. The summed E-state index contributed by atoms with van der Waals surface area (Å²) in [4.78, 5) is 23.0. The number of carbonyl (C=O) groups is 2. The molecule has 0 aromatic heterocycles. The number of anilines is 1. The first-order valence-corrected chi connectivity index (χ1v) is 10.2. The van der Waals surface area contributed by atoms with E-state index >= 15 is 0 Å². The zero-order valence-corrected chi connectivity index (χ0v) is 19.1. The average Bonchev–Trinajstić information content (AvgIpc) is 2.64. The molecule has 0 saturated heterocycles. The largest absolute Gasteiger partial charge is 0.508 e. The number of halogens is 2. The van der Waals surface area contributed by atoms with Gasteiger partial charge < -0.3 is 19.9 Å². The summed E-state index contributed by atoms with van der Waals surface area (Å²) in [5.74, 6) is -0.328. The normalized spacial score (nSPS) is 10.7. The Morgan fingerprint density at radius 3 is 2.25 bits per heavy atom. The second kappa shape index (κ2) is 9.43. The first kappa shape index (κ1) is 22.2. The number of amides is 1. The Labute approximate surface area is 180 Å². The van der Waals surface area contributed by atoms with E-state index < -0.39 is 11.9 Å². The van der Waals surface area contributed by atoms with Gasteiger partial charge in [0.05, 0.1) is 16.1 Å². The SMILES string of the molecule is CCc1cc(O)c(C(C)C)cc1Oc1c(Br)cc(NC(=O)C(=O)OC)cc1Br. The van der Waals surface area contributed by atoms with Crippen LogP contribution in [0.5, 0.6) is 17.2 Å². The average molecular weight is 515 g/mol. The lowest BCUT2D eigenvalue weighted by Gasteiger charge is -2.17. The van der Waals surface area contributed by atoms with Gasteiger partial charge in [0.25, 0.3) is 0 Å². The Balaban J connectivity index is 2.38. The van der Waals surface area contributed by atoms with Crippen molar-refractivity contribution in [2.75, 3.05) is 12.4 Å². The van der Waals surface area contributed by atoms with E-state index in [2.05, 4.69) is 41.9 Å². The quantitative estimate of drug-likeness (QED) is 0.406. The number of phenolic OH excluding ortho intramolecular Hbond substituents is 1. The van der Waals surface area contributed by atoms with Crippen LogP contribution in [0, 0.1) is 0 Å². The number of phenols is 1. The Morgan fingerprint density at radius 2 is 1.75 bits per heavy atom. The van der Waals surface area contributed by atoms with Crippen molar-refractivity contribution < 1.29 is 24.2 Å². The van der Waals surface area contributed by atoms with Crippen molar-refractivity contribution in [2.24, 2.45) is 0 Å². The smallest absolute Gasteiger partial charge is 0.396 e. The highest BCUT2D eigenvalue weighted by Gasteiger charge is 2.18. The van der Waals surface area contributed by atoms with Crippen LogP contribution < -0.4 is 10.1 Å². The molecule has 0 unspecified atom stereocenters. The molecule has 0 saturated carbocycles. The van der Waals surface area contributed by atoms with Gasteiger partial charge in [-0.3, -0.25) is 4.79 Å². The highest BCUT2D eigenvalue weighted by Crippen LogP contribution is 2.42. The number of benzene rings is 2. The molecule has 0 spiro atoms. The van der Waals surface area contributed by atoms with E-state index in [0.717, 1.165) is 18.2 Å². The molecule has 8 heteroatoms. The maximum Gasteiger partial charge on any atom is 0.396 e. The third kappa shape index (κ3) is 5.05. The molecule has 0 aliphatic carbocycles. The molecule has 0 radical (unpaired) electrons. The number of methoxy groups -OCH3 is 1. The fraction of sp³-hybridized carbons (Fsp3) is 0.300. The Hall–Kier alpha value is -2.06. The number of aromatic hydroxyl groups is 1. The molecule has 0 fully saturated rings. The lowest BCUT2D eigenvalue weighted by atomic mass is 9.98. The molecule has 1 amide bonds. The van der Waals surface area contributed by atoms with Crippen molar-refractivity contribution in [3.8, 4) is 17.2 Å². The van der Waals surface area contributed by atoms with Gasteiger partial charge in [0.1, 0.15) is 11.5 Å². The summed E-state index contributed by atoms with van der Waals surface area (Å²) in [6.45, 7) is 5.97. The summed E-state index contributed by atoms with van der Waals surface area (Å²) in [6, 6.07) is 6.80. The Morgan fingerprint density at radius 1 is 1.14 bits per heavy atom. The molecule has 6 nitrogen and oxygen atoms in total. The first-order chi connectivity index (χ1) is 13.2. The molecule has 2 aromatic rings. The maximum atomic E-state index is 11.7. The van der Waals surface area contributed by atoms with Crippen molar-refractivity contribution in [3.05, 3.63) is 44.3 Å². The van der Waals surface area contributed by atoms with Gasteiger partial charge in [0.15, 0.2) is 5.75 Å². The van der Waals surface area contributed by atoms with Crippen molar-refractivity contribution in [1.82, 2.24) is 0 Å². The number of nitrogens with one attached hydrogen (secondary N) is 1. The van der Waals surface area contributed by atoms with Gasteiger partial charge in [0.2, 0.25) is 0 Å². The van der Waals surface area contributed by atoms with Crippen LogP contribution in [-0.4, -0.2) is 24.1 Å². The van der Waals surface area contributed by atoms with Crippen LogP contribution in [0.3, 0.4) is 0 Å². The second-order valence-electron chi connectivity index (χ2n) is 6.34. The molecule has 2 N–H and O–H groups in total. The molecular weight excluding hydrogens is 494 g/mol. The van der Waals surface area contributed by atoms with Crippen LogP contribution in [-0.2, 0) is 20.7 Å². The molecule has 28 heavy (non-hydrogen) atoms. The van der Waals surface area contributed by atoms with Crippen molar-refractivity contribution in [3.63, 3.8) is 0 Å². The first-order valence-electron chi connectivity index (χ1n) is 8.59. The van der Waals surface area contributed by atoms with E-state index in [1.807, 2.05) is 26.8 Å². The van der Waals surface area contributed by atoms with Gasteiger partial charge in [-0.1, -0.05) is 20.8 Å². The van der Waals surface area contributed by atoms with E-state index in [1.54, 1.807) is 18.2 Å². The van der Waals surface area contributed by atoms with E-state index in [4.69, 9.17) is 4.74 Å². The topological polar surface area (TPSA) is 84.9 Å². The Bertz CT molecular complexity index is 889. The highest BCUT2D eigenvalue weighted by atomic mass is 79.9. The van der Waals surface area contributed by atoms with Gasteiger partial charge in [-0.15, -0.1) is 0 Å². The molecule has 0 atom stereocenters. The summed E-state index contributed by atoms with van der Waals surface area (Å²) in [5, 5.41) is 12.7. The number of aryl methyl sites for hydroxylation is 1. The standard InChI is InChI=1S/C20H21Br2NO5/c1-5-11-6-16(24)13(10(2)3)9-17(11)28-18-14(21)7-12(8-15(18)22)23-19(25)20(26)27-4/h6-10,24H,5H2,1-4H3,(H,23,25). The molecule has 2 aromatic carbocycles. The third-order valence-electron chi connectivity index (χ3n) is 4.05. The lowest BCUT2D eigenvalue weighted by Crippen LogP contribution is -2.23. The van der Waals surface area contributed by atoms with Gasteiger partial charge in [-0.05, 0) is 74.0 Å². The molecule has 0 aliphatic rings. The van der Waals surface area contributed by atoms with Crippen LogP contribution >= 0.6 is 31.9 Å². The number of hydrogen-bond donors (Lipinski definition) is 2. The lowest BCUT2D eigenvalue weighted by molar-refractivity contribution is -0.150. The fourth-order valence-electron chi connectivity index (χ4n) is 2.58. The van der Waals surface area contributed by atoms with E-state index in [9.17, 15) is 14.7 Å². The van der Waals surface area contributed by atoms with E-state index in [1.165, 1.54) is 0 Å². The summed E-state index contributed by atoms with van der Waals surface area (Å²) in [5.41, 5.74) is 2.05. The highest BCUT2D eigenvalue weighted by molar-refractivity contribution is 9.11. The minimum absolute atomic E-state index is 0.135. The number of rotatable bonds is 5. The van der Waals surface area contributed by atoms with Gasteiger partial charge in [-0.2, -0.15) is 0 Å². The Kier molecular flexibility index (Phi) is 7.48. The van der Waals surface area contributed by atoms with Crippen molar-refractivity contribution >= 4 is 49.4 Å². The molecule has 2 rings (SSSR count). The fourth-order valence-corrected chi connectivity index (χ4v) is 3.92. The molecule has 0 heterocycles. The zero-order chi connectivity index (χ0) is 21.0. The predicted molar refractivity (Wildman–Crippen MR) is 114 cm³/mol. The molecule has 0 bridgehead atoms.